The van der Waals surface area contributed by atoms with Crippen molar-refractivity contribution < 1.29 is 0 Å². The molecule has 3 heteroatoms. The van der Waals surface area contributed by atoms with Crippen molar-refractivity contribution in [2.24, 2.45) is 0 Å². The average molecular weight is 227 g/mol. The second-order valence-electron chi connectivity index (χ2n) is 4.99. The van der Waals surface area contributed by atoms with Crippen LogP contribution < -0.4 is 5.73 Å². The fourth-order valence-electron chi connectivity index (χ4n) is 2.35. The van der Waals surface area contributed by atoms with Crippen molar-refractivity contribution in [1.82, 2.24) is 9.55 Å². The van der Waals surface area contributed by atoms with Crippen molar-refractivity contribution in [2.75, 3.05) is 5.73 Å². The number of benzene rings is 1. The van der Waals surface area contributed by atoms with Crippen LogP contribution in [0.15, 0.2) is 24.5 Å². The highest BCUT2D eigenvalue weighted by Gasteiger charge is 2.26. The molecule has 88 valence electrons. The van der Waals surface area contributed by atoms with Crippen LogP contribution in [0.1, 0.15) is 30.0 Å². The molecule has 0 atom stereocenters. The molecule has 1 aliphatic rings. The van der Waals surface area contributed by atoms with Crippen LogP contribution in [0.5, 0.6) is 0 Å². The Morgan fingerprint density at radius 2 is 1.82 bits per heavy atom. The number of rotatable bonds is 2. The van der Waals surface area contributed by atoms with Crippen molar-refractivity contribution in [3.05, 3.63) is 35.7 Å². The molecule has 0 saturated heterocycles. The molecule has 17 heavy (non-hydrogen) atoms. The number of aromatic nitrogens is 2. The van der Waals surface area contributed by atoms with Gasteiger partial charge in [-0.25, -0.2) is 4.98 Å². The third kappa shape index (κ3) is 1.82. The molecule has 0 bridgehead atoms. The first kappa shape index (κ1) is 10.4. The summed E-state index contributed by atoms with van der Waals surface area (Å²) < 4.78 is 2.10. The van der Waals surface area contributed by atoms with Crippen LogP contribution >= 0.6 is 0 Å². The Labute approximate surface area is 101 Å². The summed E-state index contributed by atoms with van der Waals surface area (Å²) in [5.41, 5.74) is 10.7. The van der Waals surface area contributed by atoms with Gasteiger partial charge < -0.3 is 10.3 Å². The van der Waals surface area contributed by atoms with E-state index in [0.29, 0.717) is 6.04 Å². The smallest absolute Gasteiger partial charge is 0.131 e. The number of hydrogen-bond donors (Lipinski definition) is 1. The topological polar surface area (TPSA) is 43.8 Å². The molecule has 1 aliphatic carbocycles. The Morgan fingerprint density at radius 1 is 1.18 bits per heavy atom. The summed E-state index contributed by atoms with van der Waals surface area (Å²) in [6.07, 6.45) is 4.33. The molecule has 0 aliphatic heterocycles. The lowest BCUT2D eigenvalue weighted by molar-refractivity contribution is 0.751. The van der Waals surface area contributed by atoms with Crippen LogP contribution in [0.4, 0.5) is 5.82 Å². The lowest BCUT2D eigenvalue weighted by Gasteiger charge is -2.05. The third-order valence-electron chi connectivity index (χ3n) is 3.27. The van der Waals surface area contributed by atoms with E-state index in [2.05, 4.69) is 41.6 Å². The highest BCUT2D eigenvalue weighted by atomic mass is 15.2. The largest absolute Gasteiger partial charge is 0.383 e. The van der Waals surface area contributed by atoms with Crippen LogP contribution in [0.2, 0.25) is 0 Å². The van der Waals surface area contributed by atoms with Crippen molar-refractivity contribution >= 4 is 5.82 Å². The van der Waals surface area contributed by atoms with Crippen molar-refractivity contribution in [3.63, 3.8) is 0 Å². The zero-order valence-corrected chi connectivity index (χ0v) is 10.3. The first-order valence-corrected chi connectivity index (χ1v) is 6.06. The van der Waals surface area contributed by atoms with E-state index in [0.717, 1.165) is 17.1 Å². The first-order valence-electron chi connectivity index (χ1n) is 6.06. The fraction of sp³-hybridized carbons (Fsp3) is 0.357. The van der Waals surface area contributed by atoms with Gasteiger partial charge in [-0.15, -0.1) is 0 Å². The number of imidazole rings is 1. The normalized spacial score (nSPS) is 15.2. The molecule has 1 aromatic carbocycles. The summed E-state index contributed by atoms with van der Waals surface area (Å²) in [5, 5.41) is 0. The van der Waals surface area contributed by atoms with Gasteiger partial charge in [-0.3, -0.25) is 0 Å². The Kier molecular flexibility index (Phi) is 2.21. The van der Waals surface area contributed by atoms with Gasteiger partial charge in [0.25, 0.3) is 0 Å². The maximum absolute atomic E-state index is 6.18. The van der Waals surface area contributed by atoms with Gasteiger partial charge in [0, 0.05) is 11.6 Å². The van der Waals surface area contributed by atoms with E-state index in [1.807, 2.05) is 6.33 Å². The highest BCUT2D eigenvalue weighted by molar-refractivity contribution is 5.71. The number of nitrogens with two attached hydrogens (primary N) is 1. The van der Waals surface area contributed by atoms with E-state index in [1.165, 1.54) is 24.0 Å². The minimum Gasteiger partial charge on any atom is -0.383 e. The van der Waals surface area contributed by atoms with Crippen LogP contribution in [0.3, 0.4) is 0 Å². The number of nitrogen functional groups attached to an aromatic ring is 1. The van der Waals surface area contributed by atoms with E-state index >= 15 is 0 Å². The van der Waals surface area contributed by atoms with Crippen LogP contribution in [0.25, 0.3) is 11.3 Å². The van der Waals surface area contributed by atoms with E-state index < -0.39 is 0 Å². The van der Waals surface area contributed by atoms with Gasteiger partial charge in [0.2, 0.25) is 0 Å². The Hall–Kier alpha value is -1.77. The highest BCUT2D eigenvalue weighted by Crippen LogP contribution is 2.39. The number of aryl methyl sites for hydroxylation is 2. The maximum atomic E-state index is 6.18. The van der Waals surface area contributed by atoms with Gasteiger partial charge in [0.1, 0.15) is 11.5 Å². The molecule has 0 amide bonds. The maximum Gasteiger partial charge on any atom is 0.131 e. The van der Waals surface area contributed by atoms with Crippen molar-refractivity contribution in [3.8, 4) is 11.3 Å². The van der Waals surface area contributed by atoms with Crippen molar-refractivity contribution in [1.29, 1.82) is 0 Å². The molecular formula is C14H17N3. The van der Waals surface area contributed by atoms with Gasteiger partial charge in [0.15, 0.2) is 0 Å². The second-order valence-corrected chi connectivity index (χ2v) is 4.99. The monoisotopic (exact) mass is 227 g/mol. The second kappa shape index (κ2) is 3.62. The number of anilines is 1. The summed E-state index contributed by atoms with van der Waals surface area (Å²) in [7, 11) is 0. The molecule has 3 rings (SSSR count). The molecule has 1 heterocycles. The molecule has 2 N–H and O–H groups in total. The SMILES string of the molecule is Cc1cc(C)cc(-c2ncn(C3CC3)c2N)c1. The summed E-state index contributed by atoms with van der Waals surface area (Å²) in [6, 6.07) is 7.03. The lowest BCUT2D eigenvalue weighted by atomic mass is 10.1. The standard InChI is InChI=1S/C14H17N3/c1-9-5-10(2)7-11(6-9)13-14(15)17(8-16-13)12-3-4-12/h5-8,12H,3-4,15H2,1-2H3. The van der Waals surface area contributed by atoms with Crippen molar-refractivity contribution in [2.45, 2.75) is 32.7 Å². The van der Waals surface area contributed by atoms with Gasteiger partial charge in [-0.05, 0) is 38.8 Å². The zero-order valence-electron chi connectivity index (χ0n) is 10.3. The Bertz CT molecular complexity index is 545. The lowest BCUT2D eigenvalue weighted by Crippen LogP contribution is -1.99. The molecule has 2 aromatic rings. The van der Waals surface area contributed by atoms with Crippen LogP contribution in [-0.2, 0) is 0 Å². The van der Waals surface area contributed by atoms with Gasteiger partial charge in [0.05, 0.1) is 6.33 Å². The summed E-state index contributed by atoms with van der Waals surface area (Å²) in [4.78, 5) is 4.47. The average Bonchev–Trinajstić information content (AvgIpc) is 3.01. The third-order valence-corrected chi connectivity index (χ3v) is 3.27. The molecule has 1 aromatic heterocycles. The number of nitrogens with zero attached hydrogens (tertiary/aromatic N) is 2. The molecule has 3 nitrogen and oxygen atoms in total. The van der Waals surface area contributed by atoms with E-state index in [4.69, 9.17) is 5.73 Å². The van der Waals surface area contributed by atoms with Gasteiger partial charge in [-0.1, -0.05) is 17.2 Å². The number of hydrogen-bond acceptors (Lipinski definition) is 2. The molecule has 1 saturated carbocycles. The molecule has 0 radical (unpaired) electrons. The predicted octanol–water partition coefficient (Wildman–Crippen LogP) is 3.08. The minimum atomic E-state index is 0.585. The summed E-state index contributed by atoms with van der Waals surface area (Å²) in [5.74, 6) is 0.803. The van der Waals surface area contributed by atoms with Crippen LogP contribution in [-0.4, -0.2) is 9.55 Å². The van der Waals surface area contributed by atoms with Crippen LogP contribution in [0, 0.1) is 13.8 Å². The molecule has 0 unspecified atom stereocenters. The van der Waals surface area contributed by atoms with E-state index in [-0.39, 0.29) is 0 Å². The molecule has 1 fully saturated rings. The zero-order chi connectivity index (χ0) is 12.0. The quantitative estimate of drug-likeness (QED) is 0.856. The van der Waals surface area contributed by atoms with Gasteiger partial charge in [-0.2, -0.15) is 0 Å². The predicted molar refractivity (Wildman–Crippen MR) is 69.8 cm³/mol. The summed E-state index contributed by atoms with van der Waals surface area (Å²) in [6.45, 7) is 4.20. The van der Waals surface area contributed by atoms with E-state index in [9.17, 15) is 0 Å². The van der Waals surface area contributed by atoms with E-state index in [1.54, 1.807) is 0 Å². The molecule has 0 spiro atoms. The first-order chi connectivity index (χ1) is 8.15. The van der Waals surface area contributed by atoms with Gasteiger partial charge >= 0.3 is 0 Å². The summed E-state index contributed by atoms with van der Waals surface area (Å²) >= 11 is 0. The fourth-order valence-corrected chi connectivity index (χ4v) is 2.35. The Balaban J connectivity index is 2.08. The minimum absolute atomic E-state index is 0.585. The molecular weight excluding hydrogens is 210 g/mol. The Morgan fingerprint density at radius 3 is 2.41 bits per heavy atom.